The Balaban J connectivity index is 2.63. The zero-order valence-electron chi connectivity index (χ0n) is 9.64. The smallest absolute Gasteiger partial charge is 0.245 e. The summed E-state index contributed by atoms with van der Waals surface area (Å²) in [4.78, 5) is 11.8. The highest BCUT2D eigenvalue weighted by Gasteiger charge is 2.26. The fourth-order valence-corrected chi connectivity index (χ4v) is 1.28. The van der Waals surface area contributed by atoms with Crippen molar-refractivity contribution in [3.8, 4) is 0 Å². The molecule has 1 aromatic heterocycles. The van der Waals surface area contributed by atoms with Crippen LogP contribution in [0.4, 0.5) is 5.82 Å². The number of anilines is 1. The van der Waals surface area contributed by atoms with Gasteiger partial charge < -0.3 is 10.6 Å². The summed E-state index contributed by atoms with van der Waals surface area (Å²) in [5.41, 5.74) is 0.341. The molecule has 0 bridgehead atoms. The highest BCUT2D eigenvalue weighted by Crippen LogP contribution is 2.09. The molecule has 1 amide bonds. The molecule has 5 nitrogen and oxygen atoms in total. The van der Waals surface area contributed by atoms with E-state index in [4.69, 9.17) is 0 Å². The highest BCUT2D eigenvalue weighted by molar-refractivity contribution is 5.96. The molecule has 0 fully saturated rings. The number of rotatable bonds is 4. The van der Waals surface area contributed by atoms with Gasteiger partial charge in [0.15, 0.2) is 5.82 Å². The number of amides is 1. The lowest BCUT2D eigenvalue weighted by Gasteiger charge is -2.23. The number of aromatic amines is 1. The number of hydrogen-bond donors (Lipinski definition) is 3. The van der Waals surface area contributed by atoms with E-state index >= 15 is 0 Å². The zero-order valence-corrected chi connectivity index (χ0v) is 9.64. The second-order valence-corrected chi connectivity index (χ2v) is 4.05. The minimum Gasteiger partial charge on any atom is -0.308 e. The van der Waals surface area contributed by atoms with Crippen LogP contribution < -0.4 is 10.6 Å². The Bertz CT molecular complexity index is 343. The van der Waals surface area contributed by atoms with Gasteiger partial charge in [-0.15, -0.1) is 0 Å². The molecule has 0 saturated carbocycles. The third-order valence-electron chi connectivity index (χ3n) is 2.13. The number of carbonyl (C=O) groups is 1. The molecule has 1 rings (SSSR count). The monoisotopic (exact) mass is 210 g/mol. The van der Waals surface area contributed by atoms with Gasteiger partial charge in [0.05, 0.1) is 5.54 Å². The van der Waals surface area contributed by atoms with E-state index in [1.807, 2.05) is 27.7 Å². The van der Waals surface area contributed by atoms with Crippen molar-refractivity contribution < 1.29 is 4.79 Å². The van der Waals surface area contributed by atoms with E-state index in [1.165, 1.54) is 0 Å². The summed E-state index contributed by atoms with van der Waals surface area (Å²) in [5.74, 6) is 0.472. The quantitative estimate of drug-likeness (QED) is 0.695. The van der Waals surface area contributed by atoms with E-state index in [0.29, 0.717) is 5.82 Å². The number of aromatic nitrogens is 2. The summed E-state index contributed by atoms with van der Waals surface area (Å²) in [7, 11) is 0. The van der Waals surface area contributed by atoms with Crippen LogP contribution in [0.2, 0.25) is 0 Å². The van der Waals surface area contributed by atoms with Gasteiger partial charge in [-0.25, -0.2) is 0 Å². The van der Waals surface area contributed by atoms with Gasteiger partial charge in [0.2, 0.25) is 5.91 Å². The van der Waals surface area contributed by atoms with Gasteiger partial charge in [0, 0.05) is 11.8 Å². The first-order valence-electron chi connectivity index (χ1n) is 5.04. The zero-order chi connectivity index (χ0) is 11.5. The normalized spacial score (nSPS) is 11.5. The summed E-state index contributed by atoms with van der Waals surface area (Å²) in [5, 5.41) is 12.6. The van der Waals surface area contributed by atoms with E-state index in [-0.39, 0.29) is 5.91 Å². The van der Waals surface area contributed by atoms with Crippen LogP contribution in [0.25, 0.3) is 0 Å². The summed E-state index contributed by atoms with van der Waals surface area (Å²) < 4.78 is 0. The first-order chi connectivity index (χ1) is 6.95. The lowest BCUT2D eigenvalue weighted by molar-refractivity contribution is -0.121. The van der Waals surface area contributed by atoms with Gasteiger partial charge in [-0.3, -0.25) is 9.89 Å². The van der Waals surface area contributed by atoms with Crippen molar-refractivity contribution in [1.82, 2.24) is 15.5 Å². The first kappa shape index (κ1) is 11.7. The van der Waals surface area contributed by atoms with Gasteiger partial charge in [-0.1, -0.05) is 6.92 Å². The average Bonchev–Trinajstić information content (AvgIpc) is 2.51. The van der Waals surface area contributed by atoms with Crippen molar-refractivity contribution in [3.63, 3.8) is 0 Å². The third-order valence-corrected chi connectivity index (χ3v) is 2.13. The Hall–Kier alpha value is -1.36. The molecule has 0 saturated heterocycles. The van der Waals surface area contributed by atoms with E-state index < -0.39 is 5.54 Å². The second kappa shape index (κ2) is 4.44. The third kappa shape index (κ3) is 3.06. The van der Waals surface area contributed by atoms with E-state index in [2.05, 4.69) is 20.8 Å². The summed E-state index contributed by atoms with van der Waals surface area (Å²) in [6, 6.07) is 1.79. The molecular formula is C10H18N4O. The van der Waals surface area contributed by atoms with Crippen molar-refractivity contribution in [3.05, 3.63) is 11.8 Å². The van der Waals surface area contributed by atoms with Crippen LogP contribution in [-0.2, 0) is 4.79 Å². The number of carbonyl (C=O) groups excluding carboxylic acids is 1. The second-order valence-electron chi connectivity index (χ2n) is 4.05. The predicted octanol–water partition coefficient (Wildman–Crippen LogP) is 1.04. The molecule has 0 unspecified atom stereocenters. The van der Waals surface area contributed by atoms with Crippen LogP contribution in [0, 0.1) is 6.92 Å². The SMILES string of the molecule is CCNC(C)(C)C(=O)Nc1cc(C)[nH]n1. The van der Waals surface area contributed by atoms with Gasteiger partial charge in [0.1, 0.15) is 0 Å². The number of aryl methyl sites for hydroxylation is 1. The predicted molar refractivity (Wildman–Crippen MR) is 59.7 cm³/mol. The first-order valence-corrected chi connectivity index (χ1v) is 5.04. The summed E-state index contributed by atoms with van der Waals surface area (Å²) in [6.07, 6.45) is 0. The Morgan fingerprint density at radius 1 is 1.60 bits per heavy atom. The van der Waals surface area contributed by atoms with Crippen molar-refractivity contribution in [2.45, 2.75) is 33.2 Å². The number of nitrogens with one attached hydrogen (secondary N) is 3. The minimum absolute atomic E-state index is 0.0872. The van der Waals surface area contributed by atoms with Crippen molar-refractivity contribution in [1.29, 1.82) is 0 Å². The largest absolute Gasteiger partial charge is 0.308 e. The lowest BCUT2D eigenvalue weighted by Crippen LogP contribution is -2.49. The van der Waals surface area contributed by atoms with E-state index in [0.717, 1.165) is 12.2 Å². The van der Waals surface area contributed by atoms with Crippen LogP contribution >= 0.6 is 0 Å². The fourth-order valence-electron chi connectivity index (χ4n) is 1.28. The maximum Gasteiger partial charge on any atom is 0.245 e. The van der Waals surface area contributed by atoms with E-state index in [1.54, 1.807) is 6.07 Å². The number of likely N-dealkylation sites (N-methyl/N-ethyl adjacent to an activating group) is 1. The molecule has 0 aromatic carbocycles. The summed E-state index contributed by atoms with van der Waals surface area (Å²) in [6.45, 7) is 8.28. The average molecular weight is 210 g/mol. The van der Waals surface area contributed by atoms with Gasteiger partial charge in [-0.05, 0) is 27.3 Å². The fraction of sp³-hybridized carbons (Fsp3) is 0.600. The molecule has 1 aromatic rings. The Labute approximate surface area is 89.6 Å². The molecule has 3 N–H and O–H groups in total. The Morgan fingerprint density at radius 3 is 2.73 bits per heavy atom. The van der Waals surface area contributed by atoms with Gasteiger partial charge in [0.25, 0.3) is 0 Å². The lowest BCUT2D eigenvalue weighted by atomic mass is 10.0. The molecule has 0 atom stereocenters. The minimum atomic E-state index is -0.582. The standard InChI is InChI=1S/C10H18N4O/c1-5-11-10(3,4)9(15)12-8-6-7(2)13-14-8/h6,11H,5H2,1-4H3,(H2,12,13,14,15). The molecule has 0 spiro atoms. The number of H-pyrrole nitrogens is 1. The van der Waals surface area contributed by atoms with Crippen LogP contribution in [0.5, 0.6) is 0 Å². The molecule has 0 aliphatic rings. The van der Waals surface area contributed by atoms with Gasteiger partial charge in [-0.2, -0.15) is 5.10 Å². The molecule has 0 aliphatic heterocycles. The molecule has 0 aliphatic carbocycles. The van der Waals surface area contributed by atoms with Crippen LogP contribution in [0.15, 0.2) is 6.07 Å². The number of hydrogen-bond acceptors (Lipinski definition) is 3. The van der Waals surface area contributed by atoms with E-state index in [9.17, 15) is 4.79 Å². The topological polar surface area (TPSA) is 69.8 Å². The summed E-state index contributed by atoms with van der Waals surface area (Å²) >= 11 is 0. The van der Waals surface area contributed by atoms with Crippen LogP contribution in [0.1, 0.15) is 26.5 Å². The molecule has 15 heavy (non-hydrogen) atoms. The highest BCUT2D eigenvalue weighted by atomic mass is 16.2. The molecular weight excluding hydrogens is 192 g/mol. The van der Waals surface area contributed by atoms with Gasteiger partial charge >= 0.3 is 0 Å². The van der Waals surface area contributed by atoms with Crippen molar-refractivity contribution in [2.75, 3.05) is 11.9 Å². The molecule has 5 heteroatoms. The maximum absolute atomic E-state index is 11.8. The number of nitrogens with zero attached hydrogens (tertiary/aromatic N) is 1. The van der Waals surface area contributed by atoms with Crippen molar-refractivity contribution in [2.24, 2.45) is 0 Å². The van der Waals surface area contributed by atoms with Crippen molar-refractivity contribution >= 4 is 11.7 Å². The Morgan fingerprint density at radius 2 is 2.27 bits per heavy atom. The molecule has 0 radical (unpaired) electrons. The molecule has 84 valence electrons. The maximum atomic E-state index is 11.8. The van der Waals surface area contributed by atoms with Crippen LogP contribution in [-0.4, -0.2) is 28.2 Å². The Kier molecular flexibility index (Phi) is 3.47. The van der Waals surface area contributed by atoms with Crippen LogP contribution in [0.3, 0.4) is 0 Å². The molecule has 1 heterocycles.